The summed E-state index contributed by atoms with van der Waals surface area (Å²) in [5.74, 6) is 5.27. The van der Waals surface area contributed by atoms with Gasteiger partial charge in [0, 0.05) is 24.0 Å². The standard InChI is InChI=1S/C26H27ClF3NO2/c1-17(2)3-12-23(19-6-10-22(27)11-7-19)31-14-13-18(16-25(32)33)15-24(31)20-4-8-21(9-5-20)26(28,29)30/h4,6-11,18,20,23-24H,1,5,13-16H2,2H3,(H,32,33)/t18-,20?,23-,24+/m0/s1. The van der Waals surface area contributed by atoms with Gasteiger partial charge in [-0.15, -0.1) is 0 Å². The number of aliphatic carboxylic acids is 1. The normalized spacial score (nSPS) is 24.4. The van der Waals surface area contributed by atoms with Crippen LogP contribution >= 0.6 is 11.6 Å². The maximum Gasteiger partial charge on any atom is 0.416 e. The summed E-state index contributed by atoms with van der Waals surface area (Å²) in [7, 11) is 0. The van der Waals surface area contributed by atoms with Gasteiger partial charge in [-0.2, -0.15) is 13.2 Å². The molecule has 7 heteroatoms. The zero-order valence-electron chi connectivity index (χ0n) is 18.4. The van der Waals surface area contributed by atoms with Crippen molar-refractivity contribution in [1.82, 2.24) is 4.90 Å². The number of hydrogen-bond acceptors (Lipinski definition) is 2. The van der Waals surface area contributed by atoms with Crippen molar-refractivity contribution in [1.29, 1.82) is 0 Å². The van der Waals surface area contributed by atoms with E-state index in [1.165, 1.54) is 6.08 Å². The summed E-state index contributed by atoms with van der Waals surface area (Å²) in [5.41, 5.74) is 1.00. The lowest BCUT2D eigenvalue weighted by molar-refractivity contribution is -0.138. The molecule has 0 aromatic heterocycles. The van der Waals surface area contributed by atoms with E-state index < -0.39 is 17.7 Å². The molecule has 1 saturated heterocycles. The maximum absolute atomic E-state index is 13.1. The highest BCUT2D eigenvalue weighted by molar-refractivity contribution is 6.30. The molecule has 0 saturated carbocycles. The number of hydrogen-bond donors (Lipinski definition) is 1. The van der Waals surface area contributed by atoms with E-state index in [4.69, 9.17) is 11.6 Å². The van der Waals surface area contributed by atoms with E-state index in [1.807, 2.05) is 19.1 Å². The minimum absolute atomic E-state index is 0.0369. The zero-order chi connectivity index (χ0) is 24.2. The quantitative estimate of drug-likeness (QED) is 0.487. The molecule has 1 aromatic carbocycles. The van der Waals surface area contributed by atoms with Gasteiger partial charge in [-0.25, -0.2) is 0 Å². The molecule has 0 bridgehead atoms. The molecular formula is C26H27ClF3NO2. The summed E-state index contributed by atoms with van der Waals surface area (Å²) in [6, 6.07) is 6.92. The summed E-state index contributed by atoms with van der Waals surface area (Å²) in [4.78, 5) is 13.6. The maximum atomic E-state index is 13.1. The summed E-state index contributed by atoms with van der Waals surface area (Å²) in [6.07, 6.45) is 1.18. The second kappa shape index (κ2) is 10.6. The summed E-state index contributed by atoms with van der Waals surface area (Å²) >= 11 is 6.07. The highest BCUT2D eigenvalue weighted by Gasteiger charge is 2.39. The molecule has 2 aliphatic rings. The van der Waals surface area contributed by atoms with Crippen LogP contribution in [0.25, 0.3) is 0 Å². The van der Waals surface area contributed by atoms with Gasteiger partial charge in [-0.05, 0) is 61.3 Å². The lowest BCUT2D eigenvalue weighted by Gasteiger charge is -2.45. The number of alkyl halides is 3. The van der Waals surface area contributed by atoms with Gasteiger partial charge in [0.2, 0.25) is 0 Å². The van der Waals surface area contributed by atoms with E-state index in [0.717, 1.165) is 11.6 Å². The zero-order valence-corrected chi connectivity index (χ0v) is 19.2. The summed E-state index contributed by atoms with van der Waals surface area (Å²) in [5, 5.41) is 9.90. The number of benzene rings is 1. The van der Waals surface area contributed by atoms with Gasteiger partial charge in [-0.3, -0.25) is 9.69 Å². The van der Waals surface area contributed by atoms with Gasteiger partial charge in [0.15, 0.2) is 0 Å². The predicted octanol–water partition coefficient (Wildman–Crippen LogP) is 6.58. The fourth-order valence-electron chi connectivity index (χ4n) is 4.59. The highest BCUT2D eigenvalue weighted by atomic mass is 35.5. The molecule has 1 N–H and O–H groups in total. The molecule has 0 radical (unpaired) electrons. The van der Waals surface area contributed by atoms with Crippen LogP contribution in [-0.2, 0) is 4.79 Å². The number of allylic oxidation sites excluding steroid dienone is 4. The van der Waals surface area contributed by atoms with Crippen molar-refractivity contribution >= 4 is 17.6 Å². The Labute approximate surface area is 197 Å². The Hall–Kier alpha value is -2.49. The fourth-order valence-corrected chi connectivity index (χ4v) is 4.72. The lowest BCUT2D eigenvalue weighted by atomic mass is 9.78. The van der Waals surface area contributed by atoms with E-state index in [1.54, 1.807) is 18.2 Å². The summed E-state index contributed by atoms with van der Waals surface area (Å²) in [6.45, 7) is 6.27. The molecule has 1 fully saturated rings. The Morgan fingerprint density at radius 1 is 1.33 bits per heavy atom. The van der Waals surface area contributed by atoms with E-state index in [2.05, 4.69) is 23.3 Å². The van der Waals surface area contributed by atoms with Crippen molar-refractivity contribution in [2.75, 3.05) is 6.54 Å². The van der Waals surface area contributed by atoms with Crippen LogP contribution in [0.1, 0.15) is 44.2 Å². The number of carboxylic acid groups (broad SMARTS) is 1. The second-order valence-corrected chi connectivity index (χ2v) is 9.15. The highest BCUT2D eigenvalue weighted by Crippen LogP contribution is 2.40. The van der Waals surface area contributed by atoms with Gasteiger partial charge in [0.25, 0.3) is 0 Å². The first-order chi connectivity index (χ1) is 15.5. The largest absolute Gasteiger partial charge is 0.481 e. The first kappa shape index (κ1) is 25.1. The summed E-state index contributed by atoms with van der Waals surface area (Å²) < 4.78 is 39.4. The second-order valence-electron chi connectivity index (χ2n) is 8.71. The van der Waals surface area contributed by atoms with Crippen molar-refractivity contribution in [2.45, 2.75) is 50.9 Å². The molecule has 1 unspecified atom stereocenters. The van der Waals surface area contributed by atoms with E-state index in [-0.39, 0.29) is 36.8 Å². The molecule has 3 nitrogen and oxygen atoms in total. The number of nitrogens with zero attached hydrogens (tertiary/aromatic N) is 1. The molecule has 33 heavy (non-hydrogen) atoms. The van der Waals surface area contributed by atoms with Crippen LogP contribution in [0.5, 0.6) is 0 Å². The van der Waals surface area contributed by atoms with Gasteiger partial charge >= 0.3 is 12.1 Å². The van der Waals surface area contributed by atoms with Crippen LogP contribution < -0.4 is 0 Å². The third-order valence-electron chi connectivity index (χ3n) is 6.15. The van der Waals surface area contributed by atoms with Crippen molar-refractivity contribution in [2.24, 2.45) is 11.8 Å². The molecule has 1 aliphatic carbocycles. The van der Waals surface area contributed by atoms with Crippen LogP contribution in [0.4, 0.5) is 13.2 Å². The third kappa shape index (κ3) is 6.75. The smallest absolute Gasteiger partial charge is 0.416 e. The Morgan fingerprint density at radius 2 is 2.03 bits per heavy atom. The van der Waals surface area contributed by atoms with Crippen LogP contribution in [0.2, 0.25) is 5.02 Å². The SMILES string of the molecule is C=C(C)C#C[C@@H](c1ccc(Cl)cc1)N1CC[C@H](CC(=O)O)C[C@@H]1C1C=CC(C(F)(F)F)=CC1. The number of halogens is 4. The average molecular weight is 478 g/mol. The van der Waals surface area contributed by atoms with Gasteiger partial charge < -0.3 is 5.11 Å². The third-order valence-corrected chi connectivity index (χ3v) is 6.41. The molecule has 1 aliphatic heterocycles. The van der Waals surface area contributed by atoms with Gasteiger partial charge in [0.1, 0.15) is 0 Å². The molecule has 176 valence electrons. The first-order valence-corrected chi connectivity index (χ1v) is 11.3. The Morgan fingerprint density at radius 3 is 2.58 bits per heavy atom. The van der Waals surface area contributed by atoms with Crippen LogP contribution in [-0.4, -0.2) is 34.7 Å². The van der Waals surface area contributed by atoms with E-state index >= 15 is 0 Å². The predicted molar refractivity (Wildman–Crippen MR) is 124 cm³/mol. The van der Waals surface area contributed by atoms with Crippen LogP contribution in [0.15, 0.2) is 60.2 Å². The lowest BCUT2D eigenvalue weighted by Crippen LogP contribution is -2.48. The molecule has 1 aromatic rings. The number of carboxylic acids is 1. The molecule has 4 atom stereocenters. The van der Waals surface area contributed by atoms with Crippen molar-refractivity contribution in [3.8, 4) is 11.8 Å². The Kier molecular flexibility index (Phi) is 8.10. The molecule has 0 spiro atoms. The molecule has 3 rings (SSSR count). The van der Waals surface area contributed by atoms with Gasteiger partial charge in [-0.1, -0.05) is 60.4 Å². The monoisotopic (exact) mass is 477 g/mol. The number of rotatable bonds is 5. The first-order valence-electron chi connectivity index (χ1n) is 10.9. The van der Waals surface area contributed by atoms with E-state index in [0.29, 0.717) is 30.0 Å². The molecule has 0 amide bonds. The van der Waals surface area contributed by atoms with E-state index in [9.17, 15) is 23.1 Å². The Balaban J connectivity index is 1.95. The minimum atomic E-state index is -4.38. The van der Waals surface area contributed by atoms with Crippen LogP contribution in [0.3, 0.4) is 0 Å². The minimum Gasteiger partial charge on any atom is -0.481 e. The number of carbonyl (C=O) groups is 1. The van der Waals surface area contributed by atoms with Crippen molar-refractivity contribution in [3.05, 3.63) is 70.8 Å². The van der Waals surface area contributed by atoms with Crippen LogP contribution in [0, 0.1) is 23.7 Å². The van der Waals surface area contributed by atoms with Crippen molar-refractivity contribution in [3.63, 3.8) is 0 Å². The average Bonchev–Trinajstić information content (AvgIpc) is 2.74. The molecular weight excluding hydrogens is 451 g/mol. The van der Waals surface area contributed by atoms with Gasteiger partial charge in [0.05, 0.1) is 11.6 Å². The van der Waals surface area contributed by atoms with Crippen molar-refractivity contribution < 1.29 is 23.1 Å². The Bertz CT molecular complexity index is 1000. The number of piperidine rings is 1. The number of likely N-dealkylation sites (tertiary alicyclic amines) is 1. The fraction of sp³-hybridized carbons (Fsp3) is 0.423. The molecule has 1 heterocycles. The topological polar surface area (TPSA) is 40.5 Å².